The van der Waals surface area contributed by atoms with E-state index < -0.39 is 35.8 Å². The summed E-state index contributed by atoms with van der Waals surface area (Å²) in [7, 11) is 0. The Morgan fingerprint density at radius 3 is 2.21 bits per heavy atom. The van der Waals surface area contributed by atoms with Gasteiger partial charge in [-0.15, -0.1) is 0 Å². The van der Waals surface area contributed by atoms with E-state index in [1.807, 2.05) is 0 Å². The lowest BCUT2D eigenvalue weighted by Crippen LogP contribution is -2.14. The van der Waals surface area contributed by atoms with Crippen molar-refractivity contribution in [2.24, 2.45) is 0 Å². The van der Waals surface area contributed by atoms with Crippen LogP contribution in [0.25, 0.3) is 0 Å². The first-order valence-electron chi connectivity index (χ1n) is 3.50. The minimum atomic E-state index is -1.34. The Morgan fingerprint density at radius 2 is 1.79 bits per heavy atom. The van der Waals surface area contributed by atoms with Gasteiger partial charge >= 0.3 is 5.97 Å². The lowest BCUT2D eigenvalue weighted by molar-refractivity contribution is -0.137. The molecule has 0 aliphatic carbocycles. The van der Waals surface area contributed by atoms with E-state index in [0.29, 0.717) is 12.1 Å². The summed E-state index contributed by atoms with van der Waals surface area (Å²) in [5.41, 5.74) is 0. The number of hydrogen-bond donors (Lipinski definition) is 1. The number of aliphatic hydroxyl groups is 1. The third-order valence-electron chi connectivity index (χ3n) is 1.31. The Labute approximate surface area is 76.7 Å². The maximum absolute atomic E-state index is 12.8. The molecule has 3 nitrogen and oxygen atoms in total. The third kappa shape index (κ3) is 2.23. The van der Waals surface area contributed by atoms with E-state index in [9.17, 15) is 18.0 Å². The van der Waals surface area contributed by atoms with Crippen molar-refractivity contribution in [1.29, 1.82) is 0 Å². The standard InChI is InChI=1S/C8H5F3O3/c9-4-1-5(10)8(6(11)2-4)14-7(13)3-12/h1-2,12H,3H2. The normalized spacial score (nSPS) is 10.0. The second-order valence-electron chi connectivity index (χ2n) is 2.33. The summed E-state index contributed by atoms with van der Waals surface area (Å²) in [5.74, 6) is -6.06. The highest BCUT2D eigenvalue weighted by atomic mass is 19.1. The van der Waals surface area contributed by atoms with Crippen LogP contribution >= 0.6 is 0 Å². The van der Waals surface area contributed by atoms with Gasteiger partial charge in [0.25, 0.3) is 0 Å². The van der Waals surface area contributed by atoms with Crippen LogP contribution in [0, 0.1) is 17.5 Å². The first kappa shape index (κ1) is 10.5. The van der Waals surface area contributed by atoms with Crippen molar-refractivity contribution in [1.82, 2.24) is 0 Å². The van der Waals surface area contributed by atoms with Crippen LogP contribution in [0.5, 0.6) is 5.75 Å². The molecule has 0 radical (unpaired) electrons. The molecule has 0 aliphatic rings. The number of esters is 1. The van der Waals surface area contributed by atoms with Crippen molar-refractivity contribution in [2.45, 2.75) is 0 Å². The number of carbonyl (C=O) groups excluding carboxylic acids is 1. The Bertz CT molecular complexity index is 342. The second kappa shape index (κ2) is 4.10. The van der Waals surface area contributed by atoms with Crippen molar-refractivity contribution < 1.29 is 27.8 Å². The van der Waals surface area contributed by atoms with Crippen LogP contribution in [-0.2, 0) is 4.79 Å². The van der Waals surface area contributed by atoms with Gasteiger partial charge in [-0.1, -0.05) is 0 Å². The summed E-state index contributed by atoms with van der Waals surface area (Å²) in [6.07, 6.45) is 0. The fourth-order valence-electron chi connectivity index (χ4n) is 0.773. The SMILES string of the molecule is O=C(CO)Oc1c(F)cc(F)cc1F. The highest BCUT2D eigenvalue weighted by molar-refractivity contribution is 5.73. The number of rotatable bonds is 2. The molecule has 14 heavy (non-hydrogen) atoms. The Balaban J connectivity index is 3.02. The summed E-state index contributed by atoms with van der Waals surface area (Å²) in [6.45, 7) is -1.02. The van der Waals surface area contributed by atoms with Gasteiger partial charge < -0.3 is 9.84 Å². The van der Waals surface area contributed by atoms with Crippen LogP contribution in [0.3, 0.4) is 0 Å². The molecule has 0 unspecified atom stereocenters. The van der Waals surface area contributed by atoms with Gasteiger partial charge in [0.1, 0.15) is 12.4 Å². The highest BCUT2D eigenvalue weighted by Crippen LogP contribution is 2.22. The monoisotopic (exact) mass is 206 g/mol. The van der Waals surface area contributed by atoms with Crippen molar-refractivity contribution in [3.05, 3.63) is 29.6 Å². The summed E-state index contributed by atoms with van der Waals surface area (Å²) in [5, 5.41) is 8.24. The van der Waals surface area contributed by atoms with Crippen LogP contribution in [0.1, 0.15) is 0 Å². The molecular weight excluding hydrogens is 201 g/mol. The van der Waals surface area contributed by atoms with E-state index >= 15 is 0 Å². The lowest BCUT2D eigenvalue weighted by Gasteiger charge is -2.04. The topological polar surface area (TPSA) is 46.5 Å². The molecule has 0 saturated heterocycles. The largest absolute Gasteiger partial charge is 0.419 e. The molecule has 1 N–H and O–H groups in total. The van der Waals surface area contributed by atoms with Crippen molar-refractivity contribution in [3.63, 3.8) is 0 Å². The Hall–Kier alpha value is -1.56. The zero-order chi connectivity index (χ0) is 10.7. The van der Waals surface area contributed by atoms with Gasteiger partial charge in [0.2, 0.25) is 5.75 Å². The zero-order valence-electron chi connectivity index (χ0n) is 6.76. The highest BCUT2D eigenvalue weighted by Gasteiger charge is 2.15. The molecule has 1 rings (SSSR count). The molecular formula is C8H5F3O3. The number of carbonyl (C=O) groups is 1. The number of aliphatic hydroxyl groups excluding tert-OH is 1. The molecule has 0 aromatic heterocycles. The van der Waals surface area contributed by atoms with E-state index in [-0.39, 0.29) is 0 Å². The molecule has 0 atom stereocenters. The van der Waals surface area contributed by atoms with Crippen LogP contribution in [-0.4, -0.2) is 17.7 Å². The molecule has 76 valence electrons. The molecule has 0 spiro atoms. The third-order valence-corrected chi connectivity index (χ3v) is 1.31. The summed E-state index contributed by atoms with van der Waals surface area (Å²) in [4.78, 5) is 10.5. The molecule has 1 aromatic rings. The van der Waals surface area contributed by atoms with Crippen LogP contribution < -0.4 is 4.74 Å². The first-order valence-corrected chi connectivity index (χ1v) is 3.50. The average Bonchev–Trinajstić information content (AvgIpc) is 2.10. The summed E-state index contributed by atoms with van der Waals surface area (Å²) < 4.78 is 42.0. The van der Waals surface area contributed by atoms with Crippen LogP contribution in [0.2, 0.25) is 0 Å². The summed E-state index contributed by atoms with van der Waals surface area (Å²) in [6, 6.07) is 0.728. The molecule has 6 heteroatoms. The predicted octanol–water partition coefficient (Wildman–Crippen LogP) is 1.00. The average molecular weight is 206 g/mol. The molecule has 0 aliphatic heterocycles. The second-order valence-corrected chi connectivity index (χ2v) is 2.33. The van der Waals surface area contributed by atoms with Crippen molar-refractivity contribution in [3.8, 4) is 5.75 Å². The predicted molar refractivity (Wildman–Crippen MR) is 39.0 cm³/mol. The maximum atomic E-state index is 12.8. The van der Waals surface area contributed by atoms with Gasteiger partial charge in [-0.25, -0.2) is 18.0 Å². The van der Waals surface area contributed by atoms with Gasteiger partial charge in [-0.05, 0) is 0 Å². The fourth-order valence-corrected chi connectivity index (χ4v) is 0.773. The maximum Gasteiger partial charge on any atom is 0.337 e. The number of ether oxygens (including phenoxy) is 1. The lowest BCUT2D eigenvalue weighted by atomic mass is 10.3. The number of halogens is 3. The van der Waals surface area contributed by atoms with Crippen molar-refractivity contribution >= 4 is 5.97 Å². The smallest absolute Gasteiger partial charge is 0.337 e. The Kier molecular flexibility index (Phi) is 3.08. The molecule has 0 bridgehead atoms. The quantitative estimate of drug-likeness (QED) is 0.580. The molecule has 0 saturated carbocycles. The fraction of sp³-hybridized carbons (Fsp3) is 0.125. The van der Waals surface area contributed by atoms with Gasteiger partial charge in [0.05, 0.1) is 0 Å². The van der Waals surface area contributed by atoms with Gasteiger partial charge in [0.15, 0.2) is 11.6 Å². The first-order chi connectivity index (χ1) is 6.54. The minimum Gasteiger partial charge on any atom is -0.419 e. The summed E-state index contributed by atoms with van der Waals surface area (Å²) >= 11 is 0. The van der Waals surface area contributed by atoms with E-state index in [2.05, 4.69) is 4.74 Å². The van der Waals surface area contributed by atoms with E-state index in [1.54, 1.807) is 0 Å². The van der Waals surface area contributed by atoms with Crippen LogP contribution in [0.4, 0.5) is 13.2 Å². The van der Waals surface area contributed by atoms with E-state index in [0.717, 1.165) is 0 Å². The zero-order valence-corrected chi connectivity index (χ0v) is 6.76. The molecule has 1 aromatic carbocycles. The van der Waals surface area contributed by atoms with Gasteiger partial charge in [-0.2, -0.15) is 0 Å². The number of benzene rings is 1. The Morgan fingerprint density at radius 1 is 1.29 bits per heavy atom. The van der Waals surface area contributed by atoms with Crippen molar-refractivity contribution in [2.75, 3.05) is 6.61 Å². The molecule has 0 fully saturated rings. The van der Waals surface area contributed by atoms with Gasteiger partial charge in [0, 0.05) is 12.1 Å². The molecule has 0 heterocycles. The molecule has 0 amide bonds. The van der Waals surface area contributed by atoms with E-state index in [4.69, 9.17) is 5.11 Å². The minimum absolute atomic E-state index is 0.364. The number of hydrogen-bond acceptors (Lipinski definition) is 3. The van der Waals surface area contributed by atoms with Gasteiger partial charge in [-0.3, -0.25) is 0 Å². The van der Waals surface area contributed by atoms with E-state index in [1.165, 1.54) is 0 Å². The van der Waals surface area contributed by atoms with Crippen LogP contribution in [0.15, 0.2) is 12.1 Å².